The van der Waals surface area contributed by atoms with Gasteiger partial charge in [-0.25, -0.2) is 4.79 Å². The van der Waals surface area contributed by atoms with Crippen molar-refractivity contribution in [1.82, 2.24) is 0 Å². The molecule has 2 rings (SSSR count). The third-order valence-electron chi connectivity index (χ3n) is 2.91. The minimum atomic E-state index is -0.344. The zero-order chi connectivity index (χ0) is 15.1. The summed E-state index contributed by atoms with van der Waals surface area (Å²) in [6.45, 7) is 2.67. The Bertz CT molecular complexity index is 593. The van der Waals surface area contributed by atoms with Gasteiger partial charge in [0.15, 0.2) is 11.5 Å². The van der Waals surface area contributed by atoms with E-state index in [1.807, 2.05) is 31.2 Å². The van der Waals surface area contributed by atoms with Gasteiger partial charge in [-0.2, -0.15) is 0 Å². The molecule has 4 heteroatoms. The summed E-state index contributed by atoms with van der Waals surface area (Å²) < 4.78 is 16.0. The molecule has 0 fully saturated rings. The molecular weight excluding hydrogens is 268 g/mol. The smallest absolute Gasteiger partial charge is 0.338 e. The van der Waals surface area contributed by atoms with Crippen molar-refractivity contribution in [2.45, 2.75) is 13.5 Å². The summed E-state index contributed by atoms with van der Waals surface area (Å²) in [7, 11) is 1.58. The molecule has 0 bridgehead atoms. The van der Waals surface area contributed by atoms with E-state index < -0.39 is 0 Å². The van der Waals surface area contributed by atoms with Crippen molar-refractivity contribution in [3.8, 4) is 11.5 Å². The van der Waals surface area contributed by atoms with Crippen molar-refractivity contribution in [2.24, 2.45) is 0 Å². The number of hydrogen-bond donors (Lipinski definition) is 0. The summed E-state index contributed by atoms with van der Waals surface area (Å²) in [6.07, 6.45) is 0. The number of rotatable bonds is 6. The number of hydrogen-bond acceptors (Lipinski definition) is 4. The fourth-order valence-electron chi connectivity index (χ4n) is 1.88. The van der Waals surface area contributed by atoms with Crippen LogP contribution < -0.4 is 9.47 Å². The lowest BCUT2D eigenvalue weighted by Crippen LogP contribution is -2.05. The van der Waals surface area contributed by atoms with Gasteiger partial charge in [-0.3, -0.25) is 0 Å². The molecule has 2 aromatic rings. The molecule has 0 heterocycles. The number of esters is 1. The van der Waals surface area contributed by atoms with Crippen molar-refractivity contribution in [3.63, 3.8) is 0 Å². The molecule has 0 amide bonds. The maximum absolute atomic E-state index is 11.9. The predicted molar refractivity (Wildman–Crippen MR) is 79.7 cm³/mol. The van der Waals surface area contributed by atoms with E-state index in [-0.39, 0.29) is 12.6 Å². The Hall–Kier alpha value is -2.49. The average Bonchev–Trinajstić information content (AvgIpc) is 2.54. The summed E-state index contributed by atoms with van der Waals surface area (Å²) in [5, 5.41) is 0. The van der Waals surface area contributed by atoms with Crippen molar-refractivity contribution >= 4 is 5.97 Å². The van der Waals surface area contributed by atoms with Crippen LogP contribution in [0.25, 0.3) is 0 Å². The minimum Gasteiger partial charge on any atom is -0.493 e. The molecule has 0 aromatic heterocycles. The molecule has 21 heavy (non-hydrogen) atoms. The van der Waals surface area contributed by atoms with Gasteiger partial charge in [0.25, 0.3) is 0 Å². The molecule has 0 radical (unpaired) electrons. The SMILES string of the molecule is CCOc1ccc(COC(=O)c2ccccc2)cc1OC. The maximum atomic E-state index is 11.9. The minimum absolute atomic E-state index is 0.191. The first-order valence-corrected chi connectivity index (χ1v) is 6.76. The van der Waals surface area contributed by atoms with Crippen molar-refractivity contribution in [1.29, 1.82) is 0 Å². The highest BCUT2D eigenvalue weighted by molar-refractivity contribution is 5.89. The summed E-state index contributed by atoms with van der Waals surface area (Å²) in [4.78, 5) is 11.9. The molecule has 0 saturated carbocycles. The van der Waals surface area contributed by atoms with Gasteiger partial charge < -0.3 is 14.2 Å². The molecule has 0 atom stereocenters. The first-order chi connectivity index (χ1) is 10.2. The van der Waals surface area contributed by atoms with Gasteiger partial charge in [0.2, 0.25) is 0 Å². The lowest BCUT2D eigenvalue weighted by molar-refractivity contribution is 0.0472. The van der Waals surface area contributed by atoms with Crippen LogP contribution in [-0.2, 0) is 11.3 Å². The van der Waals surface area contributed by atoms with Crippen LogP contribution in [-0.4, -0.2) is 19.7 Å². The second-order valence-electron chi connectivity index (χ2n) is 4.36. The van der Waals surface area contributed by atoms with Crippen LogP contribution in [0.1, 0.15) is 22.8 Å². The quantitative estimate of drug-likeness (QED) is 0.763. The molecule has 0 saturated heterocycles. The van der Waals surface area contributed by atoms with Crippen LogP contribution in [0.3, 0.4) is 0 Å². The fraction of sp³-hybridized carbons (Fsp3) is 0.235. The monoisotopic (exact) mass is 286 g/mol. The summed E-state index contributed by atoms with van der Waals surface area (Å²) >= 11 is 0. The van der Waals surface area contributed by atoms with Crippen molar-refractivity contribution < 1.29 is 19.0 Å². The zero-order valence-corrected chi connectivity index (χ0v) is 12.2. The largest absolute Gasteiger partial charge is 0.493 e. The average molecular weight is 286 g/mol. The zero-order valence-electron chi connectivity index (χ0n) is 12.2. The van der Waals surface area contributed by atoms with Crippen LogP contribution in [0.2, 0.25) is 0 Å². The number of ether oxygens (including phenoxy) is 3. The van der Waals surface area contributed by atoms with Gasteiger partial charge in [-0.05, 0) is 36.8 Å². The molecular formula is C17H18O4. The lowest BCUT2D eigenvalue weighted by Gasteiger charge is -2.11. The van der Waals surface area contributed by atoms with Crippen LogP contribution in [0.15, 0.2) is 48.5 Å². The highest BCUT2D eigenvalue weighted by atomic mass is 16.5. The van der Waals surface area contributed by atoms with Crippen molar-refractivity contribution in [2.75, 3.05) is 13.7 Å². The second-order valence-corrected chi connectivity index (χ2v) is 4.36. The van der Waals surface area contributed by atoms with E-state index in [0.29, 0.717) is 23.7 Å². The summed E-state index contributed by atoms with van der Waals surface area (Å²) in [5.74, 6) is 0.965. The number of benzene rings is 2. The predicted octanol–water partition coefficient (Wildman–Crippen LogP) is 3.45. The van der Waals surface area contributed by atoms with Crippen LogP contribution in [0, 0.1) is 0 Å². The highest BCUT2D eigenvalue weighted by Crippen LogP contribution is 2.28. The first kappa shape index (κ1) is 14.9. The van der Waals surface area contributed by atoms with Gasteiger partial charge in [-0.15, -0.1) is 0 Å². The van der Waals surface area contributed by atoms with E-state index in [2.05, 4.69) is 0 Å². The lowest BCUT2D eigenvalue weighted by atomic mass is 10.2. The van der Waals surface area contributed by atoms with E-state index >= 15 is 0 Å². The first-order valence-electron chi connectivity index (χ1n) is 6.76. The van der Waals surface area contributed by atoms with E-state index in [4.69, 9.17) is 14.2 Å². The number of methoxy groups -OCH3 is 1. The molecule has 0 aliphatic carbocycles. The van der Waals surface area contributed by atoms with Crippen LogP contribution >= 0.6 is 0 Å². The molecule has 0 aliphatic heterocycles. The van der Waals surface area contributed by atoms with Crippen LogP contribution in [0.4, 0.5) is 0 Å². The Morgan fingerprint density at radius 3 is 2.48 bits per heavy atom. The maximum Gasteiger partial charge on any atom is 0.338 e. The van der Waals surface area contributed by atoms with E-state index in [9.17, 15) is 4.79 Å². The molecule has 0 unspecified atom stereocenters. The van der Waals surface area contributed by atoms with Crippen molar-refractivity contribution in [3.05, 3.63) is 59.7 Å². The summed E-state index contributed by atoms with van der Waals surface area (Å²) in [5.41, 5.74) is 1.38. The third kappa shape index (κ3) is 3.99. The normalized spacial score (nSPS) is 10.0. The van der Waals surface area contributed by atoms with E-state index in [1.54, 1.807) is 31.4 Å². The molecule has 110 valence electrons. The van der Waals surface area contributed by atoms with E-state index in [1.165, 1.54) is 0 Å². The highest BCUT2D eigenvalue weighted by Gasteiger charge is 2.09. The molecule has 0 spiro atoms. The second kappa shape index (κ2) is 7.33. The van der Waals surface area contributed by atoms with Gasteiger partial charge in [-0.1, -0.05) is 24.3 Å². The van der Waals surface area contributed by atoms with E-state index in [0.717, 1.165) is 5.56 Å². The Morgan fingerprint density at radius 1 is 1.05 bits per heavy atom. The topological polar surface area (TPSA) is 44.8 Å². The van der Waals surface area contributed by atoms with Gasteiger partial charge in [0, 0.05) is 0 Å². The third-order valence-corrected chi connectivity index (χ3v) is 2.91. The molecule has 4 nitrogen and oxygen atoms in total. The summed E-state index contributed by atoms with van der Waals surface area (Å²) in [6, 6.07) is 14.4. The molecule has 0 N–H and O–H groups in total. The number of carbonyl (C=O) groups is 1. The standard InChI is InChI=1S/C17H18O4/c1-3-20-15-10-9-13(11-16(15)19-2)12-21-17(18)14-7-5-4-6-8-14/h4-11H,3,12H2,1-2H3. The number of carbonyl (C=O) groups excluding carboxylic acids is 1. The Kier molecular flexibility index (Phi) is 5.21. The Balaban J connectivity index is 2.02. The molecule has 0 aliphatic rings. The van der Waals surface area contributed by atoms with Gasteiger partial charge in [0.05, 0.1) is 19.3 Å². The Morgan fingerprint density at radius 2 is 1.81 bits per heavy atom. The van der Waals surface area contributed by atoms with Crippen LogP contribution in [0.5, 0.6) is 11.5 Å². The Labute approximate surface area is 124 Å². The van der Waals surface area contributed by atoms with Gasteiger partial charge in [0.1, 0.15) is 6.61 Å². The fourth-order valence-corrected chi connectivity index (χ4v) is 1.88. The molecule has 2 aromatic carbocycles. The van der Waals surface area contributed by atoms with Gasteiger partial charge >= 0.3 is 5.97 Å².